The van der Waals surface area contributed by atoms with Crippen LogP contribution < -0.4 is 10.6 Å². The number of hydrogen-bond donors (Lipinski definition) is 3. The molecule has 30 heavy (non-hydrogen) atoms. The second kappa shape index (κ2) is 11.0. The Morgan fingerprint density at radius 3 is 2.60 bits per heavy atom. The number of aromatic nitrogens is 2. The van der Waals surface area contributed by atoms with E-state index in [9.17, 15) is 18.3 Å². The molecule has 2 heterocycles. The maximum Gasteiger partial charge on any atom is 0.424 e. The molecule has 0 aliphatic carbocycles. The van der Waals surface area contributed by atoms with Gasteiger partial charge in [-0.1, -0.05) is 0 Å². The zero-order chi connectivity index (χ0) is 22.2. The van der Waals surface area contributed by atoms with Crippen molar-refractivity contribution in [2.75, 3.05) is 46.4 Å². The SMILES string of the molecule is CCNC(=NCCC(O)(c1nccn1C)C(F)(F)F)NC1CCN(CCOC)CC1. The van der Waals surface area contributed by atoms with Crippen LogP contribution in [0, 0.1) is 0 Å². The number of imidazole rings is 1. The zero-order valence-corrected chi connectivity index (χ0v) is 17.9. The molecule has 1 saturated heterocycles. The number of guanidine groups is 1. The number of hydrogen-bond acceptors (Lipinski definition) is 5. The van der Waals surface area contributed by atoms with Crippen LogP contribution in [0.3, 0.4) is 0 Å². The van der Waals surface area contributed by atoms with Crippen LogP contribution in [0.15, 0.2) is 17.4 Å². The first-order valence-corrected chi connectivity index (χ1v) is 10.2. The molecule has 0 amide bonds. The van der Waals surface area contributed by atoms with Crippen molar-refractivity contribution in [1.29, 1.82) is 0 Å². The minimum Gasteiger partial charge on any atom is -0.383 e. The van der Waals surface area contributed by atoms with Crippen molar-refractivity contribution in [3.63, 3.8) is 0 Å². The average Bonchev–Trinajstić information content (AvgIpc) is 3.13. The number of alkyl halides is 3. The maximum atomic E-state index is 13.6. The van der Waals surface area contributed by atoms with Gasteiger partial charge in [-0.05, 0) is 19.8 Å². The average molecular weight is 435 g/mol. The number of likely N-dealkylation sites (tertiary alicyclic amines) is 1. The van der Waals surface area contributed by atoms with Gasteiger partial charge in [-0.15, -0.1) is 0 Å². The fourth-order valence-electron chi connectivity index (χ4n) is 3.51. The number of aliphatic hydroxyl groups is 1. The summed E-state index contributed by atoms with van der Waals surface area (Å²) in [7, 11) is 3.11. The standard InChI is InChI=1S/C19H33F3N6O2/c1-4-23-17(26-15-5-10-28(11-6-15)13-14-30-3)25-8-7-18(29,19(20,21)22)16-24-9-12-27(16)2/h9,12,15,29H,4-8,10-11,13-14H2,1-3H3,(H2,23,25,26). The van der Waals surface area contributed by atoms with Crippen molar-refractivity contribution >= 4 is 5.96 Å². The molecule has 1 aromatic heterocycles. The molecule has 1 unspecified atom stereocenters. The van der Waals surface area contributed by atoms with Crippen LogP contribution in [0.2, 0.25) is 0 Å². The van der Waals surface area contributed by atoms with Gasteiger partial charge in [-0.25, -0.2) is 4.98 Å². The van der Waals surface area contributed by atoms with Crippen molar-refractivity contribution in [3.05, 3.63) is 18.2 Å². The molecule has 1 atom stereocenters. The number of nitrogens with one attached hydrogen (secondary N) is 2. The van der Waals surface area contributed by atoms with Crippen molar-refractivity contribution in [2.45, 2.75) is 44.0 Å². The second-order valence-corrected chi connectivity index (χ2v) is 7.48. The molecule has 1 aromatic rings. The van der Waals surface area contributed by atoms with Crippen LogP contribution in [0.1, 0.15) is 32.0 Å². The van der Waals surface area contributed by atoms with Crippen molar-refractivity contribution in [1.82, 2.24) is 25.1 Å². The normalized spacial score (nSPS) is 19.0. The van der Waals surface area contributed by atoms with Gasteiger partial charge < -0.3 is 29.9 Å². The summed E-state index contributed by atoms with van der Waals surface area (Å²) in [6.07, 6.45) is -1.04. The number of aryl methyl sites for hydroxylation is 1. The van der Waals surface area contributed by atoms with Gasteiger partial charge in [-0.3, -0.25) is 4.99 Å². The second-order valence-electron chi connectivity index (χ2n) is 7.48. The molecule has 3 N–H and O–H groups in total. The lowest BCUT2D eigenvalue weighted by Crippen LogP contribution is -2.49. The number of nitrogens with zero attached hydrogens (tertiary/aromatic N) is 4. The van der Waals surface area contributed by atoms with E-state index in [0.29, 0.717) is 19.1 Å². The number of halogens is 3. The summed E-state index contributed by atoms with van der Waals surface area (Å²) >= 11 is 0. The van der Waals surface area contributed by atoms with Gasteiger partial charge in [0.25, 0.3) is 0 Å². The third-order valence-corrected chi connectivity index (χ3v) is 5.29. The summed E-state index contributed by atoms with van der Waals surface area (Å²) in [5, 5.41) is 16.8. The van der Waals surface area contributed by atoms with Crippen molar-refractivity contribution in [3.8, 4) is 0 Å². The molecule has 0 bridgehead atoms. The van der Waals surface area contributed by atoms with Crippen LogP contribution in [0.5, 0.6) is 0 Å². The highest BCUT2D eigenvalue weighted by Gasteiger charge is 2.57. The smallest absolute Gasteiger partial charge is 0.383 e. The van der Waals surface area contributed by atoms with E-state index < -0.39 is 24.0 Å². The molecule has 0 radical (unpaired) electrons. The highest BCUT2D eigenvalue weighted by Crippen LogP contribution is 2.40. The third-order valence-electron chi connectivity index (χ3n) is 5.29. The highest BCUT2D eigenvalue weighted by atomic mass is 19.4. The predicted octanol–water partition coefficient (Wildman–Crippen LogP) is 1.23. The summed E-state index contributed by atoms with van der Waals surface area (Å²) in [5.74, 6) is 0.0174. The van der Waals surface area contributed by atoms with E-state index >= 15 is 0 Å². The van der Waals surface area contributed by atoms with Crippen molar-refractivity contribution < 1.29 is 23.0 Å². The van der Waals surface area contributed by atoms with Gasteiger partial charge in [0.05, 0.1) is 6.61 Å². The fourth-order valence-corrected chi connectivity index (χ4v) is 3.51. The Hall–Kier alpha value is -1.85. The van der Waals surface area contributed by atoms with Gasteiger partial charge in [0.2, 0.25) is 5.60 Å². The molecule has 2 rings (SSSR count). The first kappa shape index (κ1) is 24.4. The summed E-state index contributed by atoms with van der Waals surface area (Å²) in [4.78, 5) is 10.3. The lowest BCUT2D eigenvalue weighted by Gasteiger charge is -2.33. The van der Waals surface area contributed by atoms with E-state index in [1.165, 1.54) is 24.0 Å². The zero-order valence-electron chi connectivity index (χ0n) is 17.9. The Balaban J connectivity index is 1.98. The molecule has 8 nitrogen and oxygen atoms in total. The van der Waals surface area contributed by atoms with Crippen LogP contribution in [-0.4, -0.2) is 84.2 Å². The molecule has 11 heteroatoms. The van der Waals surface area contributed by atoms with Crippen LogP contribution >= 0.6 is 0 Å². The highest BCUT2D eigenvalue weighted by molar-refractivity contribution is 5.80. The van der Waals surface area contributed by atoms with Gasteiger partial charge in [0.1, 0.15) is 5.82 Å². The van der Waals surface area contributed by atoms with E-state index in [1.807, 2.05) is 6.92 Å². The molecular weight excluding hydrogens is 401 g/mol. The van der Waals surface area contributed by atoms with Crippen LogP contribution in [0.25, 0.3) is 0 Å². The number of piperidine rings is 1. The summed E-state index contributed by atoms with van der Waals surface area (Å²) in [5.41, 5.74) is -3.06. The Labute approximate surface area is 175 Å². The quantitative estimate of drug-likeness (QED) is 0.400. The first-order valence-electron chi connectivity index (χ1n) is 10.2. The summed E-state index contributed by atoms with van der Waals surface area (Å²) in [6.45, 7) is 5.71. The number of rotatable bonds is 9. The van der Waals surface area contributed by atoms with E-state index in [2.05, 4.69) is 25.5 Å². The van der Waals surface area contributed by atoms with Gasteiger partial charge in [0, 0.05) is 71.7 Å². The summed E-state index contributed by atoms with van der Waals surface area (Å²) in [6, 6.07) is 0.192. The summed E-state index contributed by atoms with van der Waals surface area (Å²) < 4.78 is 47.1. The van der Waals surface area contributed by atoms with Gasteiger partial charge in [0.15, 0.2) is 5.96 Å². The molecule has 0 saturated carbocycles. The fraction of sp³-hybridized carbons (Fsp3) is 0.789. The minimum absolute atomic E-state index is 0.192. The number of ether oxygens (including phenoxy) is 1. The predicted molar refractivity (Wildman–Crippen MR) is 108 cm³/mol. The molecule has 0 aromatic carbocycles. The van der Waals surface area contributed by atoms with E-state index in [1.54, 1.807) is 7.11 Å². The van der Waals surface area contributed by atoms with E-state index in [0.717, 1.165) is 32.5 Å². The largest absolute Gasteiger partial charge is 0.424 e. The Morgan fingerprint density at radius 2 is 2.07 bits per heavy atom. The monoisotopic (exact) mass is 434 g/mol. The van der Waals surface area contributed by atoms with Gasteiger partial charge in [-0.2, -0.15) is 13.2 Å². The molecule has 1 aliphatic heterocycles. The van der Waals surface area contributed by atoms with E-state index in [-0.39, 0.29) is 12.6 Å². The van der Waals surface area contributed by atoms with Crippen molar-refractivity contribution in [2.24, 2.45) is 12.0 Å². The number of aliphatic imine (C=N–C) groups is 1. The minimum atomic E-state index is -4.86. The van der Waals surface area contributed by atoms with E-state index in [4.69, 9.17) is 4.74 Å². The topological polar surface area (TPSA) is 86.9 Å². The lowest BCUT2D eigenvalue weighted by atomic mass is 9.98. The van der Waals surface area contributed by atoms with Crippen LogP contribution in [-0.2, 0) is 17.4 Å². The molecular formula is C19H33F3N6O2. The molecule has 172 valence electrons. The van der Waals surface area contributed by atoms with Crippen LogP contribution in [0.4, 0.5) is 13.2 Å². The first-order chi connectivity index (χ1) is 14.2. The lowest BCUT2D eigenvalue weighted by molar-refractivity contribution is -0.272. The molecule has 0 spiro atoms. The Bertz CT molecular complexity index is 673. The van der Waals surface area contributed by atoms with Gasteiger partial charge >= 0.3 is 6.18 Å². The molecule has 1 fully saturated rings. The molecule has 1 aliphatic rings. The Kier molecular flexibility index (Phi) is 8.92. The Morgan fingerprint density at radius 1 is 1.37 bits per heavy atom. The maximum absolute atomic E-state index is 13.6. The number of methoxy groups -OCH3 is 1. The third kappa shape index (κ3) is 6.32.